The van der Waals surface area contributed by atoms with Crippen LogP contribution in [0.5, 0.6) is 0 Å². The van der Waals surface area contributed by atoms with Gasteiger partial charge in [-0.05, 0) is 44.5 Å². The van der Waals surface area contributed by atoms with Gasteiger partial charge in [0.05, 0.1) is 13.5 Å². The van der Waals surface area contributed by atoms with Crippen molar-refractivity contribution in [3.05, 3.63) is 35.9 Å². The third-order valence-electron chi connectivity index (χ3n) is 4.68. The number of hydrogen-bond acceptors (Lipinski definition) is 4. The lowest BCUT2D eigenvalue weighted by molar-refractivity contribution is -0.141. The fourth-order valence-corrected chi connectivity index (χ4v) is 2.92. The van der Waals surface area contributed by atoms with Gasteiger partial charge < -0.3 is 14.5 Å². The Morgan fingerprint density at radius 3 is 2.19 bits per heavy atom. The summed E-state index contributed by atoms with van der Waals surface area (Å²) in [5.41, 5.74) is 1.16. The van der Waals surface area contributed by atoms with Crippen LogP contribution < -0.4 is 0 Å². The molecule has 0 aliphatic rings. The monoisotopic (exact) mass is 362 g/mol. The Morgan fingerprint density at radius 2 is 1.58 bits per heavy atom. The van der Waals surface area contributed by atoms with Crippen LogP contribution in [0.2, 0.25) is 0 Å². The zero-order valence-electron chi connectivity index (χ0n) is 16.6. The van der Waals surface area contributed by atoms with E-state index in [0.717, 1.165) is 44.5 Å². The van der Waals surface area contributed by atoms with Crippen molar-refractivity contribution in [3.8, 4) is 0 Å². The minimum Gasteiger partial charge on any atom is -0.469 e. The van der Waals surface area contributed by atoms with E-state index in [2.05, 4.69) is 18.7 Å². The average Bonchev–Trinajstić information content (AvgIpc) is 2.68. The molecule has 5 nitrogen and oxygen atoms in total. The molecule has 0 aliphatic carbocycles. The molecule has 0 saturated heterocycles. The maximum atomic E-state index is 12.6. The third kappa shape index (κ3) is 8.99. The number of ether oxygens (including phenoxy) is 1. The van der Waals surface area contributed by atoms with E-state index in [-0.39, 0.29) is 18.3 Å². The number of methoxy groups -OCH3 is 1. The third-order valence-corrected chi connectivity index (χ3v) is 4.68. The van der Waals surface area contributed by atoms with Gasteiger partial charge >= 0.3 is 5.97 Å². The molecule has 1 amide bonds. The molecule has 1 rings (SSSR count). The molecule has 0 bridgehead atoms. The van der Waals surface area contributed by atoms with E-state index in [0.29, 0.717) is 19.5 Å². The number of rotatable bonds is 13. The van der Waals surface area contributed by atoms with Crippen LogP contribution in [-0.2, 0) is 20.7 Å². The summed E-state index contributed by atoms with van der Waals surface area (Å²) in [5, 5.41) is 0. The van der Waals surface area contributed by atoms with Gasteiger partial charge in [-0.2, -0.15) is 0 Å². The van der Waals surface area contributed by atoms with Crippen LogP contribution in [0, 0.1) is 0 Å². The number of carbonyl (C=O) groups is 2. The molecule has 0 fully saturated rings. The first-order chi connectivity index (χ1) is 12.6. The molecule has 0 radical (unpaired) electrons. The van der Waals surface area contributed by atoms with Gasteiger partial charge in [-0.25, -0.2) is 0 Å². The average molecular weight is 363 g/mol. The zero-order valence-corrected chi connectivity index (χ0v) is 16.6. The second kappa shape index (κ2) is 13.3. The standard InChI is InChI=1S/C21H34N2O3/c1-4-22(5-2)16-9-10-17-23(18-15-21(25)26-3)20(24)14-13-19-11-7-6-8-12-19/h6-8,11-12H,4-5,9-10,13-18H2,1-3H3. The predicted molar refractivity (Wildman–Crippen MR) is 105 cm³/mol. The van der Waals surface area contributed by atoms with Crippen LogP contribution in [0.25, 0.3) is 0 Å². The summed E-state index contributed by atoms with van der Waals surface area (Å²) < 4.78 is 4.71. The summed E-state index contributed by atoms with van der Waals surface area (Å²) in [7, 11) is 1.38. The molecular formula is C21H34N2O3. The second-order valence-electron chi connectivity index (χ2n) is 6.43. The zero-order chi connectivity index (χ0) is 19.2. The fraction of sp³-hybridized carbons (Fsp3) is 0.619. The number of nitrogens with zero attached hydrogens (tertiary/aromatic N) is 2. The Kier molecular flexibility index (Phi) is 11.4. The van der Waals surface area contributed by atoms with Gasteiger partial charge in [-0.1, -0.05) is 44.2 Å². The summed E-state index contributed by atoms with van der Waals surface area (Å²) in [5.74, 6) is -0.158. The minimum atomic E-state index is -0.269. The van der Waals surface area contributed by atoms with E-state index in [1.165, 1.54) is 7.11 Å². The molecule has 0 saturated carbocycles. The summed E-state index contributed by atoms with van der Waals surface area (Å²) in [6.45, 7) is 8.63. The molecule has 0 unspecified atom stereocenters. The maximum absolute atomic E-state index is 12.6. The Bertz CT molecular complexity index is 515. The SMILES string of the molecule is CCN(CC)CCCCN(CCC(=O)OC)C(=O)CCc1ccccc1. The molecule has 0 heterocycles. The van der Waals surface area contributed by atoms with Gasteiger partial charge in [0.15, 0.2) is 0 Å². The number of aryl methyl sites for hydroxylation is 1. The number of esters is 1. The Morgan fingerprint density at radius 1 is 0.923 bits per heavy atom. The first-order valence-electron chi connectivity index (χ1n) is 9.71. The molecule has 0 spiro atoms. The van der Waals surface area contributed by atoms with E-state index in [1.54, 1.807) is 0 Å². The topological polar surface area (TPSA) is 49.9 Å². The van der Waals surface area contributed by atoms with E-state index < -0.39 is 0 Å². The Hall–Kier alpha value is -1.88. The summed E-state index contributed by atoms with van der Waals surface area (Å²) in [4.78, 5) is 28.3. The van der Waals surface area contributed by atoms with Gasteiger partial charge in [0.25, 0.3) is 0 Å². The van der Waals surface area contributed by atoms with Gasteiger partial charge in [0.1, 0.15) is 0 Å². The largest absolute Gasteiger partial charge is 0.469 e. The van der Waals surface area contributed by atoms with Crippen LogP contribution in [-0.4, -0.2) is 61.5 Å². The van der Waals surface area contributed by atoms with Gasteiger partial charge in [-0.15, -0.1) is 0 Å². The van der Waals surface area contributed by atoms with Crippen LogP contribution in [0.15, 0.2) is 30.3 Å². The lowest BCUT2D eigenvalue weighted by Crippen LogP contribution is -2.34. The Labute approximate surface area is 158 Å². The molecule has 0 atom stereocenters. The van der Waals surface area contributed by atoms with E-state index in [1.807, 2.05) is 35.2 Å². The van der Waals surface area contributed by atoms with Crippen molar-refractivity contribution in [1.29, 1.82) is 0 Å². The maximum Gasteiger partial charge on any atom is 0.307 e. The van der Waals surface area contributed by atoms with Gasteiger partial charge in [-0.3, -0.25) is 9.59 Å². The number of amides is 1. The molecule has 1 aromatic carbocycles. The van der Waals surface area contributed by atoms with Gasteiger partial charge in [0.2, 0.25) is 5.91 Å². The first kappa shape index (κ1) is 22.2. The number of benzene rings is 1. The van der Waals surface area contributed by atoms with Crippen LogP contribution in [0.3, 0.4) is 0 Å². The molecule has 0 N–H and O–H groups in total. The smallest absolute Gasteiger partial charge is 0.307 e. The molecule has 26 heavy (non-hydrogen) atoms. The summed E-state index contributed by atoms with van der Waals surface area (Å²) >= 11 is 0. The van der Waals surface area contributed by atoms with Crippen molar-refractivity contribution in [2.75, 3.05) is 39.8 Å². The number of unbranched alkanes of at least 4 members (excludes halogenated alkanes) is 1. The molecular weight excluding hydrogens is 328 g/mol. The van der Waals surface area contributed by atoms with E-state index in [9.17, 15) is 9.59 Å². The van der Waals surface area contributed by atoms with Crippen LogP contribution in [0.1, 0.15) is 45.1 Å². The highest BCUT2D eigenvalue weighted by Gasteiger charge is 2.15. The minimum absolute atomic E-state index is 0.112. The second-order valence-corrected chi connectivity index (χ2v) is 6.43. The highest BCUT2D eigenvalue weighted by atomic mass is 16.5. The van der Waals surface area contributed by atoms with Crippen LogP contribution >= 0.6 is 0 Å². The van der Waals surface area contributed by atoms with Crippen LogP contribution in [0.4, 0.5) is 0 Å². The first-order valence-corrected chi connectivity index (χ1v) is 9.71. The molecule has 5 heteroatoms. The van der Waals surface area contributed by atoms with Crippen molar-refractivity contribution in [2.24, 2.45) is 0 Å². The quantitative estimate of drug-likeness (QED) is 0.400. The molecule has 146 valence electrons. The fourth-order valence-electron chi connectivity index (χ4n) is 2.92. The lowest BCUT2D eigenvalue weighted by atomic mass is 10.1. The van der Waals surface area contributed by atoms with Crippen molar-refractivity contribution in [1.82, 2.24) is 9.80 Å². The molecule has 0 aliphatic heterocycles. The van der Waals surface area contributed by atoms with Crippen molar-refractivity contribution >= 4 is 11.9 Å². The van der Waals surface area contributed by atoms with Crippen molar-refractivity contribution < 1.29 is 14.3 Å². The normalized spacial score (nSPS) is 10.8. The number of carbonyl (C=O) groups excluding carboxylic acids is 2. The highest BCUT2D eigenvalue weighted by Crippen LogP contribution is 2.07. The van der Waals surface area contributed by atoms with Crippen molar-refractivity contribution in [2.45, 2.75) is 46.0 Å². The predicted octanol–water partition coefficient (Wildman–Crippen LogP) is 3.13. The van der Waals surface area contributed by atoms with E-state index in [4.69, 9.17) is 4.74 Å². The van der Waals surface area contributed by atoms with E-state index >= 15 is 0 Å². The molecule has 1 aromatic rings. The highest BCUT2D eigenvalue weighted by molar-refractivity contribution is 5.77. The van der Waals surface area contributed by atoms with Gasteiger partial charge in [0, 0.05) is 19.5 Å². The summed E-state index contributed by atoms with van der Waals surface area (Å²) in [6, 6.07) is 10.0. The number of hydrogen-bond donors (Lipinski definition) is 0. The molecule has 0 aromatic heterocycles. The lowest BCUT2D eigenvalue weighted by Gasteiger charge is -2.23. The van der Waals surface area contributed by atoms with Crippen molar-refractivity contribution in [3.63, 3.8) is 0 Å². The summed E-state index contributed by atoms with van der Waals surface area (Å²) in [6.07, 6.45) is 3.47. The Balaban J connectivity index is 2.48.